The van der Waals surface area contributed by atoms with Gasteiger partial charge in [0.25, 0.3) is 11.1 Å². The van der Waals surface area contributed by atoms with E-state index < -0.39 is 0 Å². The maximum Gasteiger partial charge on any atom is 0.293 e. The Kier molecular flexibility index (Phi) is 7.72. The topological polar surface area (TPSA) is 46.6 Å². The highest BCUT2D eigenvalue weighted by molar-refractivity contribution is 9.10. The molecule has 0 spiro atoms. The molecule has 168 valence electrons. The Morgan fingerprint density at radius 3 is 2.48 bits per heavy atom. The summed E-state index contributed by atoms with van der Waals surface area (Å²) < 4.78 is 6.57. The quantitative estimate of drug-likeness (QED) is 0.274. The van der Waals surface area contributed by atoms with Gasteiger partial charge in [-0.1, -0.05) is 59.1 Å². The standard InChI is InChI=1S/C24H15BrCl3NO3S/c25-19-9-14(4-7-21(19)32-13-16-5-6-18(27)11-20(16)28)10-22-23(30)29(24(31)33-22)12-15-2-1-3-17(26)8-15/h1-11H,12-13H2/b22-10-. The van der Waals surface area contributed by atoms with Gasteiger partial charge in [-0.15, -0.1) is 0 Å². The molecule has 0 radical (unpaired) electrons. The van der Waals surface area contributed by atoms with Crippen LogP contribution in [0.25, 0.3) is 6.08 Å². The van der Waals surface area contributed by atoms with E-state index in [0.29, 0.717) is 30.2 Å². The van der Waals surface area contributed by atoms with Crippen molar-refractivity contribution in [2.75, 3.05) is 0 Å². The first-order valence-electron chi connectivity index (χ1n) is 9.66. The number of ether oxygens (including phenoxy) is 1. The Hall–Kier alpha value is -1.96. The number of halogens is 4. The van der Waals surface area contributed by atoms with Gasteiger partial charge in [0.2, 0.25) is 0 Å². The first-order chi connectivity index (χ1) is 15.8. The van der Waals surface area contributed by atoms with E-state index in [9.17, 15) is 9.59 Å². The van der Waals surface area contributed by atoms with Gasteiger partial charge in [0.15, 0.2) is 0 Å². The van der Waals surface area contributed by atoms with Crippen molar-refractivity contribution in [2.45, 2.75) is 13.2 Å². The minimum Gasteiger partial charge on any atom is -0.488 e. The van der Waals surface area contributed by atoms with Crippen LogP contribution in [-0.2, 0) is 17.9 Å². The van der Waals surface area contributed by atoms with E-state index in [2.05, 4.69) is 15.9 Å². The summed E-state index contributed by atoms with van der Waals surface area (Å²) in [5, 5.41) is 1.33. The molecule has 0 bridgehead atoms. The molecule has 4 nitrogen and oxygen atoms in total. The summed E-state index contributed by atoms with van der Waals surface area (Å²) >= 11 is 22.5. The molecule has 1 saturated heterocycles. The van der Waals surface area contributed by atoms with Gasteiger partial charge in [-0.05, 0) is 81.3 Å². The summed E-state index contributed by atoms with van der Waals surface area (Å²) in [6, 6.07) is 17.7. The molecule has 4 rings (SSSR count). The number of carbonyl (C=O) groups is 2. The molecular weight excluding hydrogens is 569 g/mol. The van der Waals surface area contributed by atoms with Crippen LogP contribution in [0.1, 0.15) is 16.7 Å². The molecular formula is C24H15BrCl3NO3S. The van der Waals surface area contributed by atoms with Crippen LogP contribution in [-0.4, -0.2) is 16.0 Å². The number of benzene rings is 3. The summed E-state index contributed by atoms with van der Waals surface area (Å²) in [5.74, 6) is 0.283. The summed E-state index contributed by atoms with van der Waals surface area (Å²) in [6.45, 7) is 0.447. The Balaban J connectivity index is 1.46. The van der Waals surface area contributed by atoms with Crippen LogP contribution in [0.5, 0.6) is 5.75 Å². The van der Waals surface area contributed by atoms with Crippen molar-refractivity contribution in [3.05, 3.63) is 102 Å². The van der Waals surface area contributed by atoms with Gasteiger partial charge in [0.05, 0.1) is 15.9 Å². The first-order valence-corrected chi connectivity index (χ1v) is 12.4. The lowest BCUT2D eigenvalue weighted by atomic mass is 10.2. The molecule has 0 N–H and O–H groups in total. The maximum absolute atomic E-state index is 12.8. The van der Waals surface area contributed by atoms with Crippen LogP contribution < -0.4 is 4.74 Å². The van der Waals surface area contributed by atoms with E-state index in [1.54, 1.807) is 42.5 Å². The molecule has 3 aromatic carbocycles. The zero-order valence-corrected chi connectivity index (χ0v) is 21.5. The number of thioether (sulfide) groups is 1. The van der Waals surface area contributed by atoms with Crippen LogP contribution in [0.4, 0.5) is 4.79 Å². The van der Waals surface area contributed by atoms with E-state index in [1.807, 2.05) is 24.3 Å². The first kappa shape index (κ1) is 24.2. The van der Waals surface area contributed by atoms with Crippen molar-refractivity contribution in [1.82, 2.24) is 4.90 Å². The van der Waals surface area contributed by atoms with Crippen molar-refractivity contribution in [3.8, 4) is 5.75 Å². The van der Waals surface area contributed by atoms with Crippen LogP contribution >= 0.6 is 62.5 Å². The molecule has 3 aromatic rings. The molecule has 9 heteroatoms. The molecule has 33 heavy (non-hydrogen) atoms. The van der Waals surface area contributed by atoms with Gasteiger partial charge < -0.3 is 4.74 Å². The third-order valence-electron chi connectivity index (χ3n) is 4.76. The molecule has 0 saturated carbocycles. The fraction of sp³-hybridized carbons (Fsp3) is 0.0833. The smallest absolute Gasteiger partial charge is 0.293 e. The van der Waals surface area contributed by atoms with Crippen molar-refractivity contribution in [2.24, 2.45) is 0 Å². The lowest BCUT2D eigenvalue weighted by molar-refractivity contribution is -0.123. The van der Waals surface area contributed by atoms with Gasteiger partial charge in [-0.3, -0.25) is 14.5 Å². The summed E-state index contributed by atoms with van der Waals surface area (Å²) in [5.41, 5.74) is 2.36. The van der Waals surface area contributed by atoms with E-state index in [-0.39, 0.29) is 24.3 Å². The lowest BCUT2D eigenvalue weighted by Crippen LogP contribution is -2.27. The summed E-state index contributed by atoms with van der Waals surface area (Å²) in [6.07, 6.45) is 1.69. The van der Waals surface area contributed by atoms with Gasteiger partial charge in [-0.2, -0.15) is 0 Å². The number of imide groups is 1. The van der Waals surface area contributed by atoms with Gasteiger partial charge in [-0.25, -0.2) is 0 Å². The van der Waals surface area contributed by atoms with E-state index in [4.69, 9.17) is 39.5 Å². The zero-order valence-electron chi connectivity index (χ0n) is 16.9. The minimum atomic E-state index is -0.334. The number of amides is 2. The zero-order chi connectivity index (χ0) is 23.5. The maximum atomic E-state index is 12.8. The van der Waals surface area contributed by atoms with Crippen molar-refractivity contribution in [3.63, 3.8) is 0 Å². The van der Waals surface area contributed by atoms with Crippen LogP contribution in [0.15, 0.2) is 70.0 Å². The highest BCUT2D eigenvalue weighted by Gasteiger charge is 2.35. The fourth-order valence-electron chi connectivity index (χ4n) is 3.12. The van der Waals surface area contributed by atoms with Crippen LogP contribution in [0.2, 0.25) is 15.1 Å². The molecule has 1 aliphatic heterocycles. The molecule has 0 aliphatic carbocycles. The molecule has 1 heterocycles. The van der Waals surface area contributed by atoms with E-state index in [1.165, 1.54) is 4.90 Å². The largest absolute Gasteiger partial charge is 0.488 e. The SMILES string of the molecule is O=C1S/C(=C\c2ccc(OCc3ccc(Cl)cc3Cl)c(Br)c2)C(=O)N1Cc1cccc(Cl)c1. The highest BCUT2D eigenvalue weighted by atomic mass is 79.9. The summed E-state index contributed by atoms with van der Waals surface area (Å²) in [4.78, 5) is 26.8. The third kappa shape index (κ3) is 5.94. The molecule has 0 atom stereocenters. The highest BCUT2D eigenvalue weighted by Crippen LogP contribution is 2.35. The average Bonchev–Trinajstić information content (AvgIpc) is 3.01. The van der Waals surface area contributed by atoms with Gasteiger partial charge in [0.1, 0.15) is 12.4 Å². The molecule has 0 unspecified atom stereocenters. The number of hydrogen-bond donors (Lipinski definition) is 0. The molecule has 1 fully saturated rings. The monoisotopic (exact) mass is 581 g/mol. The number of nitrogens with zero attached hydrogens (tertiary/aromatic N) is 1. The Bertz CT molecular complexity index is 1280. The fourth-order valence-corrected chi connectivity index (χ4v) is 5.15. The normalized spacial score (nSPS) is 14.9. The van der Waals surface area contributed by atoms with Crippen molar-refractivity contribution in [1.29, 1.82) is 0 Å². The van der Waals surface area contributed by atoms with Gasteiger partial charge in [0, 0.05) is 20.6 Å². The third-order valence-corrected chi connectivity index (χ3v) is 7.10. The molecule has 2 amide bonds. The predicted octanol–water partition coefficient (Wildman–Crippen LogP) is 8.22. The number of rotatable bonds is 6. The Morgan fingerprint density at radius 1 is 0.970 bits per heavy atom. The van der Waals surface area contributed by atoms with Crippen molar-refractivity contribution < 1.29 is 14.3 Å². The van der Waals surface area contributed by atoms with Gasteiger partial charge >= 0.3 is 0 Å². The van der Waals surface area contributed by atoms with Crippen molar-refractivity contribution >= 4 is 79.7 Å². The van der Waals surface area contributed by atoms with Crippen LogP contribution in [0.3, 0.4) is 0 Å². The average molecular weight is 584 g/mol. The Labute approximate surface area is 218 Å². The second kappa shape index (κ2) is 10.5. The number of hydrogen-bond acceptors (Lipinski definition) is 4. The second-order valence-corrected chi connectivity index (χ2v) is 10.2. The predicted molar refractivity (Wildman–Crippen MR) is 138 cm³/mol. The minimum absolute atomic E-state index is 0.173. The summed E-state index contributed by atoms with van der Waals surface area (Å²) in [7, 11) is 0. The Morgan fingerprint density at radius 2 is 1.76 bits per heavy atom. The van der Waals surface area contributed by atoms with E-state index in [0.717, 1.165) is 28.5 Å². The van der Waals surface area contributed by atoms with Crippen LogP contribution in [0, 0.1) is 0 Å². The second-order valence-electron chi connectivity index (χ2n) is 7.11. The number of carbonyl (C=O) groups excluding carboxylic acids is 2. The van der Waals surface area contributed by atoms with E-state index >= 15 is 0 Å². The molecule has 0 aromatic heterocycles. The molecule has 1 aliphatic rings. The lowest BCUT2D eigenvalue weighted by Gasteiger charge is -2.12.